The molecular formula is C21H24N2O4. The lowest BCUT2D eigenvalue weighted by atomic mass is 9.49. The van der Waals surface area contributed by atoms with Crippen molar-refractivity contribution in [3.63, 3.8) is 0 Å². The van der Waals surface area contributed by atoms with Crippen molar-refractivity contribution in [1.29, 1.82) is 0 Å². The molecule has 2 aromatic rings. The third kappa shape index (κ3) is 3.03. The fourth-order valence-corrected chi connectivity index (χ4v) is 4.54. The number of esters is 1. The summed E-state index contributed by atoms with van der Waals surface area (Å²) in [5.74, 6) is 0.925. The zero-order valence-electron chi connectivity index (χ0n) is 15.7. The van der Waals surface area contributed by atoms with Crippen molar-refractivity contribution in [1.82, 2.24) is 9.55 Å². The number of nitrogens with one attached hydrogen (secondary N) is 1. The molecule has 1 aromatic carbocycles. The maximum atomic E-state index is 12.2. The van der Waals surface area contributed by atoms with Crippen LogP contribution in [0.2, 0.25) is 0 Å². The normalized spacial score (nSPS) is 22.8. The maximum Gasteiger partial charge on any atom is 0.328 e. The van der Waals surface area contributed by atoms with Crippen LogP contribution in [0.15, 0.2) is 45.5 Å². The molecular weight excluding hydrogens is 344 g/mol. The fourth-order valence-electron chi connectivity index (χ4n) is 4.54. The minimum atomic E-state index is -0.510. The summed E-state index contributed by atoms with van der Waals surface area (Å²) in [4.78, 5) is 38.5. The van der Waals surface area contributed by atoms with Gasteiger partial charge in [0.1, 0.15) is 6.61 Å². The molecule has 2 bridgehead atoms. The molecule has 3 aliphatic carbocycles. The number of aromatic nitrogens is 2. The predicted molar refractivity (Wildman–Crippen MR) is 102 cm³/mol. The second-order valence-electron chi connectivity index (χ2n) is 8.16. The lowest BCUT2D eigenvalue weighted by Gasteiger charge is -2.56. The largest absolute Gasteiger partial charge is 0.461 e. The van der Waals surface area contributed by atoms with Crippen LogP contribution < -0.4 is 11.2 Å². The van der Waals surface area contributed by atoms with Gasteiger partial charge < -0.3 is 4.74 Å². The van der Waals surface area contributed by atoms with Gasteiger partial charge in [-0.15, -0.1) is 0 Å². The Hall–Kier alpha value is -2.63. The van der Waals surface area contributed by atoms with E-state index in [2.05, 4.69) is 24.9 Å². The highest BCUT2D eigenvalue weighted by atomic mass is 16.5. The van der Waals surface area contributed by atoms with Gasteiger partial charge >= 0.3 is 11.7 Å². The molecule has 2 atom stereocenters. The number of hydrogen-bond acceptors (Lipinski definition) is 4. The van der Waals surface area contributed by atoms with Crippen molar-refractivity contribution in [3.8, 4) is 0 Å². The van der Waals surface area contributed by atoms with E-state index >= 15 is 0 Å². The Kier molecular flexibility index (Phi) is 4.29. The number of nitrogens with zero attached hydrogens (tertiary/aromatic N) is 1. The molecule has 6 heteroatoms. The van der Waals surface area contributed by atoms with Crippen LogP contribution in [0.1, 0.15) is 33.1 Å². The van der Waals surface area contributed by atoms with Crippen LogP contribution >= 0.6 is 0 Å². The molecule has 0 unspecified atom stereocenters. The number of carbonyl (C=O) groups excluding carboxylic acids is 1. The van der Waals surface area contributed by atoms with Crippen molar-refractivity contribution in [2.24, 2.45) is 17.3 Å². The summed E-state index contributed by atoms with van der Waals surface area (Å²) >= 11 is 0. The van der Waals surface area contributed by atoms with Gasteiger partial charge in [-0.1, -0.05) is 32.1 Å². The van der Waals surface area contributed by atoms with E-state index in [1.807, 2.05) is 0 Å². The van der Waals surface area contributed by atoms with Gasteiger partial charge in [0.2, 0.25) is 0 Å². The first-order valence-corrected chi connectivity index (χ1v) is 9.44. The van der Waals surface area contributed by atoms with E-state index in [4.69, 9.17) is 4.74 Å². The van der Waals surface area contributed by atoms with Crippen LogP contribution in [-0.4, -0.2) is 22.1 Å². The molecule has 1 saturated carbocycles. The van der Waals surface area contributed by atoms with Crippen LogP contribution in [0.5, 0.6) is 0 Å². The monoisotopic (exact) mass is 368 g/mol. The van der Waals surface area contributed by atoms with Gasteiger partial charge in [-0.05, 0) is 47.8 Å². The van der Waals surface area contributed by atoms with E-state index in [1.165, 1.54) is 16.6 Å². The summed E-state index contributed by atoms with van der Waals surface area (Å²) in [6.07, 6.45) is 4.56. The average molecular weight is 368 g/mol. The molecule has 0 radical (unpaired) electrons. The third-order valence-electron chi connectivity index (χ3n) is 6.43. The van der Waals surface area contributed by atoms with Crippen LogP contribution in [-0.2, 0) is 16.1 Å². The van der Waals surface area contributed by atoms with E-state index in [0.29, 0.717) is 28.8 Å². The zero-order valence-corrected chi connectivity index (χ0v) is 15.7. The predicted octanol–water partition coefficient (Wildman–Crippen LogP) is 2.62. The zero-order chi connectivity index (χ0) is 19.2. The Morgan fingerprint density at radius 2 is 2.07 bits per heavy atom. The van der Waals surface area contributed by atoms with Crippen LogP contribution in [0, 0.1) is 17.3 Å². The summed E-state index contributed by atoms with van der Waals surface area (Å²) in [7, 11) is 0. The number of para-hydroxylation sites is 1. The first-order valence-electron chi connectivity index (χ1n) is 9.44. The molecule has 0 spiro atoms. The lowest BCUT2D eigenvalue weighted by Crippen LogP contribution is -2.48. The highest BCUT2D eigenvalue weighted by Crippen LogP contribution is 2.59. The summed E-state index contributed by atoms with van der Waals surface area (Å²) in [6, 6.07) is 6.87. The molecule has 0 saturated heterocycles. The van der Waals surface area contributed by atoms with E-state index in [0.717, 1.165) is 12.3 Å². The number of carbonyl (C=O) groups is 1. The number of H-pyrrole nitrogens is 1. The van der Waals surface area contributed by atoms with Gasteiger partial charge in [0.25, 0.3) is 5.56 Å². The number of fused-ring (bicyclic) bond motifs is 2. The van der Waals surface area contributed by atoms with Crippen molar-refractivity contribution in [2.45, 2.75) is 39.7 Å². The highest BCUT2D eigenvalue weighted by molar-refractivity contribution is 5.78. The molecule has 3 aliphatic rings. The third-order valence-corrected chi connectivity index (χ3v) is 6.43. The number of benzene rings is 1. The van der Waals surface area contributed by atoms with Crippen LogP contribution in [0.25, 0.3) is 10.9 Å². The molecule has 5 rings (SSSR count). The Morgan fingerprint density at radius 3 is 2.81 bits per heavy atom. The fraction of sp³-hybridized carbons (Fsp3) is 0.476. The summed E-state index contributed by atoms with van der Waals surface area (Å²) in [6.45, 7) is 5.08. The first-order chi connectivity index (χ1) is 12.9. The number of aryl methyl sites for hydroxylation is 1. The number of ether oxygens (including phenoxy) is 1. The molecule has 6 nitrogen and oxygen atoms in total. The van der Waals surface area contributed by atoms with Gasteiger partial charge in [0, 0.05) is 6.54 Å². The Morgan fingerprint density at radius 1 is 1.30 bits per heavy atom. The van der Waals surface area contributed by atoms with Crippen molar-refractivity contribution >= 4 is 16.9 Å². The van der Waals surface area contributed by atoms with E-state index in [1.54, 1.807) is 24.3 Å². The van der Waals surface area contributed by atoms with Gasteiger partial charge in [0.05, 0.1) is 17.3 Å². The highest BCUT2D eigenvalue weighted by Gasteiger charge is 2.51. The summed E-state index contributed by atoms with van der Waals surface area (Å²) in [5, 5.41) is 0.430. The maximum absolute atomic E-state index is 12.2. The second kappa shape index (κ2) is 6.51. The molecule has 27 heavy (non-hydrogen) atoms. The van der Waals surface area contributed by atoms with Gasteiger partial charge in [-0.25, -0.2) is 4.79 Å². The summed E-state index contributed by atoms with van der Waals surface area (Å²) < 4.78 is 6.89. The molecule has 1 heterocycles. The van der Waals surface area contributed by atoms with E-state index < -0.39 is 11.2 Å². The lowest BCUT2D eigenvalue weighted by molar-refractivity contribution is -0.143. The molecule has 1 N–H and O–H groups in total. The average Bonchev–Trinajstić information content (AvgIpc) is 2.66. The van der Waals surface area contributed by atoms with E-state index in [-0.39, 0.29) is 18.9 Å². The number of aromatic amines is 1. The summed E-state index contributed by atoms with van der Waals surface area (Å²) in [5.41, 5.74) is 1.13. The minimum Gasteiger partial charge on any atom is -0.461 e. The topological polar surface area (TPSA) is 81.2 Å². The number of rotatable bonds is 5. The van der Waals surface area contributed by atoms with Gasteiger partial charge in [-0.2, -0.15) is 0 Å². The molecule has 142 valence electrons. The van der Waals surface area contributed by atoms with Crippen molar-refractivity contribution in [2.75, 3.05) is 6.61 Å². The first kappa shape index (κ1) is 17.8. The Bertz CT molecular complexity index is 1040. The van der Waals surface area contributed by atoms with Crippen LogP contribution in [0.4, 0.5) is 0 Å². The van der Waals surface area contributed by atoms with Gasteiger partial charge in [0.15, 0.2) is 0 Å². The molecule has 0 aliphatic heterocycles. The Labute approximate surface area is 156 Å². The number of allylic oxidation sites excluding steroid dienone is 1. The Balaban J connectivity index is 1.41. The quantitative estimate of drug-likeness (QED) is 0.650. The molecule has 1 fully saturated rings. The van der Waals surface area contributed by atoms with E-state index in [9.17, 15) is 14.4 Å². The van der Waals surface area contributed by atoms with Crippen molar-refractivity contribution in [3.05, 3.63) is 56.8 Å². The van der Waals surface area contributed by atoms with Gasteiger partial charge in [-0.3, -0.25) is 19.1 Å². The SMILES string of the molecule is CC1(C)[C@H]2CC=C(COC(=O)CCn3c(=O)[nH]c(=O)c4ccccc43)[C@@H]1C2. The molecule has 0 amide bonds. The van der Waals surface area contributed by atoms with Crippen molar-refractivity contribution < 1.29 is 9.53 Å². The minimum absolute atomic E-state index is 0.0832. The molecule has 1 aromatic heterocycles. The standard InChI is InChI=1S/C21H24N2O4/c1-21(2)14-8-7-13(16(21)11-14)12-27-18(24)9-10-23-17-6-4-3-5-15(17)19(25)22-20(23)26/h3-7,14,16H,8-12H2,1-2H3,(H,22,25,26)/t14-,16-/m0/s1. The second-order valence-corrected chi connectivity index (χ2v) is 8.16. The van der Waals surface area contributed by atoms with Crippen LogP contribution in [0.3, 0.4) is 0 Å². The smallest absolute Gasteiger partial charge is 0.328 e. The number of hydrogen-bond donors (Lipinski definition) is 1.